The van der Waals surface area contributed by atoms with E-state index in [0.29, 0.717) is 0 Å². The summed E-state index contributed by atoms with van der Waals surface area (Å²) < 4.78 is 0. The summed E-state index contributed by atoms with van der Waals surface area (Å²) in [5, 5.41) is 0. The molecule has 15 heavy (non-hydrogen) atoms. The maximum Gasteiger partial charge on any atom is 4.00 e. The molecule has 1 N–H and O–H groups in total. The molecule has 4 heteroatoms. The molecular weight excluding hydrogens is 265 g/mol. The first kappa shape index (κ1) is 20.9. The van der Waals surface area contributed by atoms with Gasteiger partial charge < -0.3 is 30.5 Å². The summed E-state index contributed by atoms with van der Waals surface area (Å²) in [6.45, 7) is 0. The molecule has 0 unspecified atom stereocenters. The van der Waals surface area contributed by atoms with E-state index >= 15 is 0 Å². The van der Waals surface area contributed by atoms with Crippen LogP contribution in [0.3, 0.4) is 0 Å². The molecule has 1 saturated carbocycles. The third-order valence-electron chi connectivity index (χ3n) is 2.16. The minimum atomic E-state index is 0. The quantitative estimate of drug-likeness (QED) is 0.380. The van der Waals surface area contributed by atoms with E-state index in [1.54, 1.807) is 0 Å². The summed E-state index contributed by atoms with van der Waals surface area (Å²) in [5.74, 6) is 0. The fourth-order valence-electron chi connectivity index (χ4n) is 1.42. The van der Waals surface area contributed by atoms with Gasteiger partial charge in [0.25, 0.3) is 0 Å². The van der Waals surface area contributed by atoms with Crippen molar-refractivity contribution >= 4 is 0 Å². The minimum absolute atomic E-state index is 0. The molecule has 1 aliphatic rings. The van der Waals surface area contributed by atoms with Crippen LogP contribution >= 0.6 is 0 Å². The molecular formula is C11H17Cl2NTi. The van der Waals surface area contributed by atoms with Gasteiger partial charge in [-0.2, -0.15) is 18.2 Å². The topological polar surface area (TPSA) is 23.8 Å². The molecule has 0 saturated heterocycles. The Bertz CT molecular complexity index is 158. The summed E-state index contributed by atoms with van der Waals surface area (Å²) in [6.07, 6.45) is 6.28. The van der Waals surface area contributed by atoms with Crippen LogP contribution in [-0.4, -0.2) is 6.04 Å². The van der Waals surface area contributed by atoms with Crippen molar-refractivity contribution in [2.75, 3.05) is 0 Å². The van der Waals surface area contributed by atoms with Crippen LogP contribution in [0.4, 0.5) is 0 Å². The number of hydrogen-bond acceptors (Lipinski definition) is 0. The molecule has 0 spiro atoms. The van der Waals surface area contributed by atoms with Crippen LogP contribution in [0.5, 0.6) is 0 Å². The zero-order chi connectivity index (χ0) is 8.65. The van der Waals surface area contributed by atoms with Gasteiger partial charge in [0.15, 0.2) is 0 Å². The van der Waals surface area contributed by atoms with Crippen LogP contribution in [0.25, 0.3) is 5.73 Å². The van der Waals surface area contributed by atoms with Gasteiger partial charge in [0.05, 0.1) is 0 Å². The smallest absolute Gasteiger partial charge is 1.00 e. The van der Waals surface area contributed by atoms with Gasteiger partial charge in [0, 0.05) is 0 Å². The Morgan fingerprint density at radius 2 is 1.40 bits per heavy atom. The van der Waals surface area contributed by atoms with Crippen LogP contribution in [0.2, 0.25) is 0 Å². The standard InChI is InChI=1S/C6H12N.C5H5.2ClH.Ti/c7-6-4-2-1-3-5-6;1-2-4-5-3-1;;;/h6-7H,1-5H2;1-5H;2*1H;/q2*-1;;;+4/p-2. The van der Waals surface area contributed by atoms with Gasteiger partial charge in [-0.1, -0.05) is 32.1 Å². The van der Waals surface area contributed by atoms with Crippen molar-refractivity contribution in [1.29, 1.82) is 0 Å². The van der Waals surface area contributed by atoms with Crippen molar-refractivity contribution in [2.24, 2.45) is 0 Å². The van der Waals surface area contributed by atoms with Crippen LogP contribution < -0.4 is 24.8 Å². The number of halogens is 2. The molecule has 0 bridgehead atoms. The molecule has 1 nitrogen and oxygen atoms in total. The molecule has 1 aliphatic carbocycles. The Kier molecular flexibility index (Phi) is 20.4. The molecule has 0 atom stereocenters. The van der Waals surface area contributed by atoms with E-state index in [9.17, 15) is 0 Å². The average Bonchev–Trinajstić information content (AvgIpc) is 2.62. The van der Waals surface area contributed by atoms with E-state index in [0.717, 1.165) is 12.8 Å². The maximum atomic E-state index is 7.27. The monoisotopic (exact) mass is 281 g/mol. The van der Waals surface area contributed by atoms with Crippen LogP contribution in [0.1, 0.15) is 32.1 Å². The SMILES string of the molecule is [Cl-].[Cl-].[NH-]C1CCCCC1.[Ti+4].c1cc[cH-]c1. The Balaban J connectivity index is -0.000000165. The van der Waals surface area contributed by atoms with Crippen LogP contribution in [0, 0.1) is 0 Å². The zero-order valence-corrected chi connectivity index (χ0v) is 11.8. The largest absolute Gasteiger partial charge is 4.00 e. The van der Waals surface area contributed by atoms with Crippen molar-refractivity contribution in [1.82, 2.24) is 0 Å². The van der Waals surface area contributed by atoms with Crippen molar-refractivity contribution in [3.63, 3.8) is 0 Å². The Morgan fingerprint density at radius 1 is 0.933 bits per heavy atom. The summed E-state index contributed by atoms with van der Waals surface area (Å²) in [7, 11) is 0. The third kappa shape index (κ3) is 12.5. The maximum absolute atomic E-state index is 7.27. The molecule has 0 radical (unpaired) electrons. The van der Waals surface area contributed by atoms with Gasteiger partial charge >= 0.3 is 21.7 Å². The second kappa shape index (κ2) is 14.6. The Labute approximate surface area is 120 Å². The van der Waals surface area contributed by atoms with Crippen molar-refractivity contribution in [3.05, 3.63) is 36.1 Å². The third-order valence-corrected chi connectivity index (χ3v) is 2.16. The van der Waals surface area contributed by atoms with E-state index in [2.05, 4.69) is 0 Å². The molecule has 0 heterocycles. The van der Waals surface area contributed by atoms with E-state index in [4.69, 9.17) is 5.73 Å². The fourth-order valence-corrected chi connectivity index (χ4v) is 1.42. The van der Waals surface area contributed by atoms with Gasteiger partial charge in [-0.25, -0.2) is 12.1 Å². The van der Waals surface area contributed by atoms with Gasteiger partial charge in [-0.15, -0.1) is 6.04 Å². The predicted octanol–water partition coefficient (Wildman–Crippen LogP) is -2.22. The summed E-state index contributed by atoms with van der Waals surface area (Å²) in [6, 6.07) is 10.3. The van der Waals surface area contributed by atoms with E-state index in [1.807, 2.05) is 30.3 Å². The van der Waals surface area contributed by atoms with Gasteiger partial charge in [0.2, 0.25) is 0 Å². The zero-order valence-electron chi connectivity index (χ0n) is 8.76. The molecule has 1 aromatic carbocycles. The van der Waals surface area contributed by atoms with Crippen LogP contribution in [0.15, 0.2) is 30.3 Å². The Hall–Kier alpha value is 0.604. The number of hydrogen-bond donors (Lipinski definition) is 0. The molecule has 0 amide bonds. The molecule has 0 aromatic heterocycles. The normalized spacial score (nSPS) is 14.5. The van der Waals surface area contributed by atoms with Crippen molar-refractivity contribution in [2.45, 2.75) is 38.1 Å². The predicted molar refractivity (Wildman–Crippen MR) is 53.2 cm³/mol. The molecule has 0 aliphatic heterocycles. The van der Waals surface area contributed by atoms with E-state index in [1.165, 1.54) is 19.3 Å². The number of rotatable bonds is 0. The first-order valence-electron chi connectivity index (χ1n) is 4.77. The van der Waals surface area contributed by atoms with Gasteiger partial charge in [-0.05, 0) is 0 Å². The molecule has 84 valence electrons. The molecule has 1 aromatic rings. The first-order valence-corrected chi connectivity index (χ1v) is 4.77. The second-order valence-electron chi connectivity index (χ2n) is 3.30. The van der Waals surface area contributed by atoms with Gasteiger partial charge in [0.1, 0.15) is 0 Å². The van der Waals surface area contributed by atoms with Crippen molar-refractivity contribution in [3.8, 4) is 0 Å². The number of nitrogens with one attached hydrogen (secondary N) is 1. The van der Waals surface area contributed by atoms with Crippen LogP contribution in [-0.2, 0) is 21.7 Å². The minimum Gasteiger partial charge on any atom is -1.00 e. The summed E-state index contributed by atoms with van der Waals surface area (Å²) >= 11 is 0. The van der Waals surface area contributed by atoms with Crippen molar-refractivity contribution < 1.29 is 46.5 Å². The average molecular weight is 282 g/mol. The summed E-state index contributed by atoms with van der Waals surface area (Å²) in [5.41, 5.74) is 7.27. The summed E-state index contributed by atoms with van der Waals surface area (Å²) in [4.78, 5) is 0. The van der Waals surface area contributed by atoms with E-state index in [-0.39, 0.29) is 52.6 Å². The molecule has 1 fully saturated rings. The van der Waals surface area contributed by atoms with Gasteiger partial charge in [-0.3, -0.25) is 0 Å². The first-order chi connectivity index (χ1) is 5.89. The van der Waals surface area contributed by atoms with E-state index < -0.39 is 0 Å². The molecule has 2 rings (SSSR count). The second-order valence-corrected chi connectivity index (χ2v) is 3.30. The Morgan fingerprint density at radius 3 is 1.60 bits per heavy atom. The fraction of sp³-hybridized carbons (Fsp3) is 0.545.